The molecule has 2 heterocycles. The van der Waals surface area contributed by atoms with Crippen LogP contribution in [0.25, 0.3) is 0 Å². The number of hydrogen-bond donors (Lipinski definition) is 3. The molecule has 2 bridgehead atoms. The van der Waals surface area contributed by atoms with Gasteiger partial charge >= 0.3 is 12.1 Å². The summed E-state index contributed by atoms with van der Waals surface area (Å²) < 4.78 is 45.3. The number of nitrogens with one attached hydrogen (secondary N) is 1. The Hall–Kier alpha value is -2.64. The van der Waals surface area contributed by atoms with Crippen LogP contribution in [-0.4, -0.2) is 39.4 Å². The van der Waals surface area contributed by atoms with Crippen LogP contribution in [0.4, 0.5) is 18.9 Å². The second kappa shape index (κ2) is 5.49. The average molecular weight is 410 g/mol. The van der Waals surface area contributed by atoms with Crippen molar-refractivity contribution >= 4 is 17.6 Å². The number of anilines is 1. The number of carbonyl (C=O) groups excluding carboxylic acids is 1. The summed E-state index contributed by atoms with van der Waals surface area (Å²) in [5.74, 6) is -3.82. The number of alkyl halides is 3. The van der Waals surface area contributed by atoms with Crippen LogP contribution in [0.5, 0.6) is 0 Å². The molecule has 4 rings (SSSR count). The number of hydrogen-bond acceptors (Lipinski definition) is 5. The van der Waals surface area contributed by atoms with Gasteiger partial charge in [0.1, 0.15) is 11.0 Å². The molecule has 0 aromatic heterocycles. The van der Waals surface area contributed by atoms with Crippen molar-refractivity contribution in [2.75, 3.05) is 5.32 Å². The molecule has 2 saturated heterocycles. The van der Waals surface area contributed by atoms with Gasteiger partial charge in [0.25, 0.3) is 0 Å². The van der Waals surface area contributed by atoms with E-state index in [4.69, 9.17) is 10.00 Å². The number of nitriles is 1. The van der Waals surface area contributed by atoms with Crippen LogP contribution in [0.3, 0.4) is 0 Å². The van der Waals surface area contributed by atoms with Crippen molar-refractivity contribution in [1.29, 1.82) is 5.26 Å². The van der Waals surface area contributed by atoms with Crippen LogP contribution in [0.1, 0.15) is 31.4 Å². The molecule has 0 spiro atoms. The summed E-state index contributed by atoms with van der Waals surface area (Å²) in [6, 6.07) is 4.19. The van der Waals surface area contributed by atoms with Crippen LogP contribution in [0.2, 0.25) is 0 Å². The number of rotatable bonds is 3. The maximum Gasteiger partial charge on any atom is 0.417 e. The fourth-order valence-corrected chi connectivity index (χ4v) is 5.57. The van der Waals surface area contributed by atoms with Crippen molar-refractivity contribution in [2.24, 2.45) is 17.3 Å². The van der Waals surface area contributed by atoms with Gasteiger partial charge in [-0.2, -0.15) is 18.4 Å². The Kier molecular flexibility index (Phi) is 3.72. The van der Waals surface area contributed by atoms with Crippen molar-refractivity contribution in [3.8, 4) is 6.07 Å². The van der Waals surface area contributed by atoms with E-state index >= 15 is 0 Å². The van der Waals surface area contributed by atoms with Gasteiger partial charge in [-0.25, -0.2) is 0 Å². The third-order valence-electron chi connectivity index (χ3n) is 6.71. The molecule has 1 aliphatic carbocycles. The average Bonchev–Trinajstić information content (AvgIpc) is 3.23. The lowest BCUT2D eigenvalue weighted by atomic mass is 9.73. The number of nitrogens with zero attached hydrogens (tertiary/aromatic N) is 1. The fraction of sp³-hybridized carbons (Fsp3) is 0.526. The number of benzene rings is 1. The second-order valence-electron chi connectivity index (χ2n) is 8.23. The standard InChI is InChI=1S/C19H17F3N2O5/c1-16-6-11(25)17(2,29-16)18(15(27)28)12(13(16)18)14(26)24-9-4-3-8(7-23)10(5-9)19(20,21)22/h3-5,11-13,25H,6H2,1-2H3,(H,24,26)(H,27,28)/t11-,12-,13+,16?,17?,18+/m0/s1. The van der Waals surface area contributed by atoms with E-state index in [0.717, 1.165) is 12.1 Å². The van der Waals surface area contributed by atoms with Gasteiger partial charge in [-0.05, 0) is 32.0 Å². The molecule has 3 N–H and O–H groups in total. The first kappa shape index (κ1) is 19.7. The lowest BCUT2D eigenvalue weighted by Crippen LogP contribution is -2.50. The van der Waals surface area contributed by atoms with Gasteiger partial charge in [0, 0.05) is 18.0 Å². The number of halogens is 3. The van der Waals surface area contributed by atoms with Gasteiger partial charge in [-0.15, -0.1) is 0 Å². The van der Waals surface area contributed by atoms with E-state index in [1.807, 2.05) is 0 Å². The van der Waals surface area contributed by atoms with E-state index in [0.29, 0.717) is 6.07 Å². The second-order valence-corrected chi connectivity index (χ2v) is 8.23. The first-order valence-electron chi connectivity index (χ1n) is 8.87. The van der Waals surface area contributed by atoms with Crippen molar-refractivity contribution in [3.05, 3.63) is 29.3 Å². The Labute approximate surface area is 163 Å². The monoisotopic (exact) mass is 410 g/mol. The van der Waals surface area contributed by atoms with Gasteiger partial charge in [-0.1, -0.05) is 0 Å². The Morgan fingerprint density at radius 2 is 2.00 bits per heavy atom. The predicted octanol–water partition coefficient (Wildman–Crippen LogP) is 2.14. The summed E-state index contributed by atoms with van der Waals surface area (Å²) in [6.45, 7) is 3.08. The normalized spacial score (nSPS) is 39.6. The highest BCUT2D eigenvalue weighted by Gasteiger charge is 2.93. The lowest BCUT2D eigenvalue weighted by molar-refractivity contribution is -0.165. The van der Waals surface area contributed by atoms with Crippen LogP contribution < -0.4 is 5.32 Å². The van der Waals surface area contributed by atoms with Crippen molar-refractivity contribution in [2.45, 2.75) is 43.8 Å². The Morgan fingerprint density at radius 1 is 1.34 bits per heavy atom. The maximum atomic E-state index is 13.1. The molecule has 1 saturated carbocycles. The highest BCUT2D eigenvalue weighted by Crippen LogP contribution is 2.80. The van der Waals surface area contributed by atoms with Crippen LogP contribution in [0, 0.1) is 28.6 Å². The van der Waals surface area contributed by atoms with Gasteiger partial charge in [0.05, 0.1) is 34.8 Å². The molecule has 3 fully saturated rings. The van der Waals surface area contributed by atoms with Gasteiger partial charge in [-0.3, -0.25) is 9.59 Å². The number of carboxylic acid groups (broad SMARTS) is 1. The molecule has 29 heavy (non-hydrogen) atoms. The minimum atomic E-state index is -4.79. The molecule has 0 radical (unpaired) electrons. The SMILES string of the molecule is CC12C[C@H](O)C(C)(O1)[C@]1(C(=O)O)[C@H](C(=O)Nc3ccc(C#N)c(C(F)(F)F)c3)[C@H]21. The van der Waals surface area contributed by atoms with Crippen molar-refractivity contribution in [3.63, 3.8) is 0 Å². The number of aliphatic hydroxyl groups excluding tert-OH is 1. The van der Waals surface area contributed by atoms with E-state index in [9.17, 15) is 33.0 Å². The minimum absolute atomic E-state index is 0.169. The molecule has 6 atom stereocenters. The summed E-state index contributed by atoms with van der Waals surface area (Å²) in [7, 11) is 0. The smallest absolute Gasteiger partial charge is 0.417 e. The molecule has 2 unspecified atom stereocenters. The molecule has 1 amide bonds. The summed E-state index contributed by atoms with van der Waals surface area (Å²) in [5.41, 5.74) is -6.12. The Morgan fingerprint density at radius 3 is 2.55 bits per heavy atom. The predicted molar refractivity (Wildman–Crippen MR) is 90.4 cm³/mol. The maximum absolute atomic E-state index is 13.1. The van der Waals surface area contributed by atoms with E-state index < -0.39 is 63.7 Å². The zero-order chi connectivity index (χ0) is 21.6. The molecule has 1 aromatic rings. The molecule has 2 aliphatic heterocycles. The number of carbonyl (C=O) groups is 2. The molecule has 7 nitrogen and oxygen atoms in total. The number of amides is 1. The summed E-state index contributed by atoms with van der Waals surface area (Å²) in [4.78, 5) is 25.0. The zero-order valence-electron chi connectivity index (χ0n) is 15.4. The van der Waals surface area contributed by atoms with Gasteiger partial charge in [0.2, 0.25) is 5.91 Å². The summed E-state index contributed by atoms with van der Waals surface area (Å²) >= 11 is 0. The topological polar surface area (TPSA) is 120 Å². The van der Waals surface area contributed by atoms with Crippen LogP contribution >= 0.6 is 0 Å². The first-order valence-corrected chi connectivity index (χ1v) is 8.87. The molecule has 10 heteroatoms. The van der Waals surface area contributed by atoms with E-state index in [1.54, 1.807) is 6.92 Å². The Balaban J connectivity index is 1.66. The number of carboxylic acids is 1. The highest BCUT2D eigenvalue weighted by atomic mass is 19.4. The van der Waals surface area contributed by atoms with Crippen molar-refractivity contribution in [1.82, 2.24) is 0 Å². The third kappa shape index (κ3) is 2.25. The lowest BCUT2D eigenvalue weighted by Gasteiger charge is -2.33. The number of ether oxygens (including phenoxy) is 1. The zero-order valence-corrected chi connectivity index (χ0v) is 15.4. The van der Waals surface area contributed by atoms with Crippen LogP contribution in [-0.2, 0) is 20.5 Å². The molecule has 3 aliphatic rings. The molecule has 154 valence electrons. The van der Waals surface area contributed by atoms with E-state index in [2.05, 4.69) is 5.32 Å². The van der Waals surface area contributed by atoms with Gasteiger partial charge < -0.3 is 20.3 Å². The first-order chi connectivity index (χ1) is 13.3. The van der Waals surface area contributed by atoms with Crippen molar-refractivity contribution < 1.29 is 37.7 Å². The number of fused-ring (bicyclic) bond motifs is 5. The number of aliphatic carboxylic acids is 1. The van der Waals surface area contributed by atoms with E-state index in [-0.39, 0.29) is 12.1 Å². The summed E-state index contributed by atoms with van der Waals surface area (Å²) in [5, 5.41) is 31.4. The highest BCUT2D eigenvalue weighted by molar-refractivity contribution is 6.02. The molecule has 1 aromatic carbocycles. The molecular weight excluding hydrogens is 393 g/mol. The van der Waals surface area contributed by atoms with E-state index in [1.165, 1.54) is 13.0 Å². The quantitative estimate of drug-likeness (QED) is 0.703. The third-order valence-corrected chi connectivity index (χ3v) is 6.71. The number of aliphatic hydroxyl groups is 1. The molecular formula is C19H17F3N2O5. The summed E-state index contributed by atoms with van der Waals surface area (Å²) in [6.07, 6.45) is -5.70. The minimum Gasteiger partial charge on any atom is -0.481 e. The Bertz CT molecular complexity index is 989. The van der Waals surface area contributed by atoms with Crippen LogP contribution in [0.15, 0.2) is 18.2 Å². The van der Waals surface area contributed by atoms with Gasteiger partial charge in [0.15, 0.2) is 0 Å². The largest absolute Gasteiger partial charge is 0.481 e. The fourth-order valence-electron chi connectivity index (χ4n) is 5.57.